The Hall–Kier alpha value is -2.63. The Bertz CT molecular complexity index is 779. The number of carbonyl (C=O) groups is 1. The van der Waals surface area contributed by atoms with E-state index in [1.165, 1.54) is 19.3 Å². The maximum absolute atomic E-state index is 12.0. The minimum atomic E-state index is 0.138. The number of nitrogens with zero attached hydrogens (tertiary/aromatic N) is 3. The lowest BCUT2D eigenvalue weighted by Crippen LogP contribution is -2.27. The lowest BCUT2D eigenvalue weighted by Gasteiger charge is -2.24. The summed E-state index contributed by atoms with van der Waals surface area (Å²) in [4.78, 5) is 23.5. The molecule has 1 aliphatic heterocycles. The Morgan fingerprint density at radius 2 is 1.73 bits per heavy atom. The molecule has 2 N–H and O–H groups in total. The average Bonchev–Trinajstić information content (AvgIpc) is 3.09. The van der Waals surface area contributed by atoms with E-state index in [4.69, 9.17) is 0 Å². The average molecular weight is 351 g/mol. The van der Waals surface area contributed by atoms with Crippen molar-refractivity contribution in [3.8, 4) is 0 Å². The van der Waals surface area contributed by atoms with Crippen LogP contribution < -0.4 is 15.5 Å². The lowest BCUT2D eigenvalue weighted by molar-refractivity contribution is -0.122. The monoisotopic (exact) mass is 351 g/mol. The number of nitrogens with one attached hydrogen (secondary N) is 2. The predicted octanol–water partition coefficient (Wildman–Crippen LogP) is 3.87. The van der Waals surface area contributed by atoms with E-state index in [0.717, 1.165) is 54.8 Å². The zero-order chi connectivity index (χ0) is 17.9. The van der Waals surface area contributed by atoms with E-state index in [9.17, 15) is 4.79 Å². The van der Waals surface area contributed by atoms with Gasteiger partial charge in [-0.25, -0.2) is 4.98 Å². The van der Waals surface area contributed by atoms with Crippen LogP contribution in [0.15, 0.2) is 30.3 Å². The molecule has 136 valence electrons. The Balaban J connectivity index is 1.42. The molecule has 6 nitrogen and oxygen atoms in total. The maximum Gasteiger partial charge on any atom is 0.227 e. The SMILES string of the molecule is Cc1cc(Nc2ccc(NC(=O)C3CCC3)cc2)nc(N2CCCC2)n1. The van der Waals surface area contributed by atoms with Gasteiger partial charge < -0.3 is 15.5 Å². The normalized spacial score (nSPS) is 17.0. The van der Waals surface area contributed by atoms with Gasteiger partial charge in [0.05, 0.1) is 0 Å². The summed E-state index contributed by atoms with van der Waals surface area (Å²) in [5.74, 6) is 1.93. The van der Waals surface area contributed by atoms with E-state index in [0.29, 0.717) is 0 Å². The molecule has 1 saturated heterocycles. The molecule has 4 rings (SSSR count). The minimum Gasteiger partial charge on any atom is -0.341 e. The third-order valence-electron chi connectivity index (χ3n) is 5.13. The van der Waals surface area contributed by atoms with Crippen molar-refractivity contribution >= 4 is 29.0 Å². The minimum absolute atomic E-state index is 0.138. The first kappa shape index (κ1) is 16.8. The Morgan fingerprint density at radius 3 is 2.38 bits per heavy atom. The predicted molar refractivity (Wildman–Crippen MR) is 104 cm³/mol. The third kappa shape index (κ3) is 3.79. The Morgan fingerprint density at radius 1 is 1.04 bits per heavy atom. The molecule has 0 radical (unpaired) electrons. The van der Waals surface area contributed by atoms with Crippen LogP contribution in [0.4, 0.5) is 23.1 Å². The van der Waals surface area contributed by atoms with Crippen LogP contribution in [-0.2, 0) is 4.79 Å². The molecule has 0 unspecified atom stereocenters. The van der Waals surface area contributed by atoms with Gasteiger partial charge in [-0.2, -0.15) is 4.98 Å². The highest BCUT2D eigenvalue weighted by molar-refractivity contribution is 5.93. The topological polar surface area (TPSA) is 70.2 Å². The van der Waals surface area contributed by atoms with Gasteiger partial charge in [-0.3, -0.25) is 4.79 Å². The zero-order valence-electron chi connectivity index (χ0n) is 15.2. The van der Waals surface area contributed by atoms with Gasteiger partial charge in [0, 0.05) is 42.1 Å². The molecule has 2 aliphatic rings. The van der Waals surface area contributed by atoms with E-state index in [1.807, 2.05) is 37.3 Å². The number of aryl methyl sites for hydroxylation is 1. The lowest BCUT2D eigenvalue weighted by atomic mass is 9.85. The number of anilines is 4. The van der Waals surface area contributed by atoms with Crippen LogP contribution in [0.25, 0.3) is 0 Å². The number of amides is 1. The van der Waals surface area contributed by atoms with Crippen molar-refractivity contribution in [1.29, 1.82) is 0 Å². The molecular formula is C20H25N5O. The van der Waals surface area contributed by atoms with Gasteiger partial charge in [0.15, 0.2) is 0 Å². The fourth-order valence-electron chi connectivity index (χ4n) is 3.38. The zero-order valence-corrected chi connectivity index (χ0v) is 15.2. The first-order valence-corrected chi connectivity index (χ1v) is 9.46. The van der Waals surface area contributed by atoms with Crippen molar-refractivity contribution in [3.05, 3.63) is 36.0 Å². The summed E-state index contributed by atoms with van der Waals surface area (Å²) in [7, 11) is 0. The van der Waals surface area contributed by atoms with Crippen LogP contribution in [-0.4, -0.2) is 29.0 Å². The van der Waals surface area contributed by atoms with Crippen LogP contribution in [0, 0.1) is 12.8 Å². The molecular weight excluding hydrogens is 326 g/mol. The quantitative estimate of drug-likeness (QED) is 0.856. The molecule has 2 heterocycles. The van der Waals surface area contributed by atoms with Crippen LogP contribution in [0.5, 0.6) is 0 Å². The van der Waals surface area contributed by atoms with Crippen LogP contribution in [0.3, 0.4) is 0 Å². The van der Waals surface area contributed by atoms with Crippen molar-refractivity contribution in [1.82, 2.24) is 9.97 Å². The van der Waals surface area contributed by atoms with Crippen LogP contribution in [0.2, 0.25) is 0 Å². The molecule has 1 aromatic carbocycles. The Kier molecular flexibility index (Phi) is 4.73. The number of rotatable bonds is 5. The summed E-state index contributed by atoms with van der Waals surface area (Å²) < 4.78 is 0. The highest BCUT2D eigenvalue weighted by Crippen LogP contribution is 2.28. The highest BCUT2D eigenvalue weighted by atomic mass is 16.1. The third-order valence-corrected chi connectivity index (χ3v) is 5.13. The van der Waals surface area contributed by atoms with Gasteiger partial charge in [0.2, 0.25) is 11.9 Å². The first-order valence-electron chi connectivity index (χ1n) is 9.46. The van der Waals surface area contributed by atoms with E-state index in [1.54, 1.807) is 0 Å². The first-order chi connectivity index (χ1) is 12.7. The summed E-state index contributed by atoms with van der Waals surface area (Å²) in [6, 6.07) is 9.72. The summed E-state index contributed by atoms with van der Waals surface area (Å²) in [5.41, 5.74) is 2.73. The number of hydrogen-bond acceptors (Lipinski definition) is 5. The second kappa shape index (κ2) is 7.32. The van der Waals surface area contributed by atoms with Crippen molar-refractivity contribution in [2.75, 3.05) is 28.6 Å². The summed E-state index contributed by atoms with van der Waals surface area (Å²) in [6.45, 7) is 4.04. The van der Waals surface area contributed by atoms with E-state index in [-0.39, 0.29) is 11.8 Å². The standard InChI is InChI=1S/C20H25N5O/c1-14-13-18(24-20(21-14)25-11-2-3-12-25)22-16-7-9-17(10-8-16)23-19(26)15-5-4-6-15/h7-10,13,15H,2-6,11-12H2,1H3,(H,23,26)(H,21,22,24). The fourth-order valence-corrected chi connectivity index (χ4v) is 3.38. The number of carbonyl (C=O) groups excluding carboxylic acids is 1. The van der Waals surface area contributed by atoms with E-state index in [2.05, 4.69) is 25.5 Å². The van der Waals surface area contributed by atoms with Gasteiger partial charge in [0.25, 0.3) is 0 Å². The molecule has 6 heteroatoms. The molecule has 2 aromatic rings. The van der Waals surface area contributed by atoms with Gasteiger partial charge in [-0.05, 0) is 56.9 Å². The van der Waals surface area contributed by atoms with E-state index >= 15 is 0 Å². The summed E-state index contributed by atoms with van der Waals surface area (Å²) in [5, 5.41) is 6.34. The van der Waals surface area contributed by atoms with Crippen LogP contribution in [0.1, 0.15) is 37.8 Å². The van der Waals surface area contributed by atoms with Crippen molar-refractivity contribution in [3.63, 3.8) is 0 Å². The molecule has 1 aromatic heterocycles. The molecule has 2 fully saturated rings. The molecule has 0 atom stereocenters. The second-order valence-corrected chi connectivity index (χ2v) is 7.21. The largest absolute Gasteiger partial charge is 0.341 e. The molecule has 1 amide bonds. The number of benzene rings is 1. The molecule has 0 bridgehead atoms. The molecule has 1 aliphatic carbocycles. The Labute approximate surface area is 154 Å². The van der Waals surface area contributed by atoms with Crippen LogP contribution >= 0.6 is 0 Å². The number of aromatic nitrogens is 2. The van der Waals surface area contributed by atoms with Gasteiger partial charge >= 0.3 is 0 Å². The molecule has 1 saturated carbocycles. The summed E-state index contributed by atoms with van der Waals surface area (Å²) >= 11 is 0. The van der Waals surface area contributed by atoms with Crippen molar-refractivity contribution < 1.29 is 4.79 Å². The number of hydrogen-bond donors (Lipinski definition) is 2. The van der Waals surface area contributed by atoms with Gasteiger partial charge in [-0.1, -0.05) is 6.42 Å². The van der Waals surface area contributed by atoms with E-state index < -0.39 is 0 Å². The highest BCUT2D eigenvalue weighted by Gasteiger charge is 2.25. The van der Waals surface area contributed by atoms with Crippen molar-refractivity contribution in [2.24, 2.45) is 5.92 Å². The van der Waals surface area contributed by atoms with Gasteiger partial charge in [0.1, 0.15) is 5.82 Å². The summed E-state index contributed by atoms with van der Waals surface area (Å²) in [6.07, 6.45) is 5.59. The maximum atomic E-state index is 12.0. The van der Waals surface area contributed by atoms with Gasteiger partial charge in [-0.15, -0.1) is 0 Å². The molecule has 26 heavy (non-hydrogen) atoms. The second-order valence-electron chi connectivity index (χ2n) is 7.21. The fraction of sp³-hybridized carbons (Fsp3) is 0.450. The smallest absolute Gasteiger partial charge is 0.227 e. The van der Waals surface area contributed by atoms with Crippen molar-refractivity contribution in [2.45, 2.75) is 39.0 Å². The molecule has 0 spiro atoms.